The first kappa shape index (κ1) is 22.7. The summed E-state index contributed by atoms with van der Waals surface area (Å²) in [6, 6.07) is 0.0248. The van der Waals surface area contributed by atoms with Crippen molar-refractivity contribution in [2.45, 2.75) is 32.5 Å². The lowest BCUT2D eigenvalue weighted by Crippen LogP contribution is -2.49. The second kappa shape index (κ2) is 12.1. The van der Waals surface area contributed by atoms with Crippen LogP contribution >= 0.6 is 0 Å². The van der Waals surface area contributed by atoms with Crippen molar-refractivity contribution in [2.75, 3.05) is 46.3 Å². The summed E-state index contributed by atoms with van der Waals surface area (Å²) in [4.78, 5) is 4.64. The Morgan fingerprint density at radius 3 is 2.25 bits per heavy atom. The van der Waals surface area contributed by atoms with Crippen LogP contribution in [0.5, 0.6) is 0 Å². The molecule has 1 aliphatic rings. The molecule has 1 heterocycles. The maximum atomic E-state index is 12.7. The van der Waals surface area contributed by atoms with Gasteiger partial charge in [-0.05, 0) is 40.4 Å². The SMILES string of the molecule is C#C.C/C=C(\C=C/C(C)N1CCN(CCCNC)CC1)C(F)(F)F. The normalized spacial score (nSPS) is 19.1. The summed E-state index contributed by atoms with van der Waals surface area (Å²) in [7, 11) is 1.95. The highest BCUT2D eigenvalue weighted by molar-refractivity contribution is 5.24. The average molecular weight is 345 g/mol. The van der Waals surface area contributed by atoms with Crippen LogP contribution in [-0.4, -0.2) is 68.3 Å². The van der Waals surface area contributed by atoms with E-state index in [1.807, 2.05) is 14.0 Å². The Morgan fingerprint density at radius 2 is 1.79 bits per heavy atom. The van der Waals surface area contributed by atoms with Crippen molar-refractivity contribution in [2.24, 2.45) is 0 Å². The van der Waals surface area contributed by atoms with Gasteiger partial charge in [0.1, 0.15) is 0 Å². The van der Waals surface area contributed by atoms with Crippen LogP contribution in [0.1, 0.15) is 20.3 Å². The zero-order chi connectivity index (χ0) is 18.6. The summed E-state index contributed by atoms with van der Waals surface area (Å²) >= 11 is 0. The molecule has 0 saturated carbocycles. The molecular formula is C18H30F3N3. The molecule has 1 aliphatic heterocycles. The molecule has 6 heteroatoms. The molecule has 0 bridgehead atoms. The van der Waals surface area contributed by atoms with E-state index in [2.05, 4.69) is 28.0 Å². The van der Waals surface area contributed by atoms with Crippen molar-refractivity contribution >= 4 is 0 Å². The van der Waals surface area contributed by atoms with Crippen LogP contribution in [0.25, 0.3) is 0 Å². The number of hydrogen-bond donors (Lipinski definition) is 1. The number of alkyl halides is 3. The maximum absolute atomic E-state index is 12.7. The summed E-state index contributed by atoms with van der Waals surface area (Å²) in [5, 5.41) is 3.14. The smallest absolute Gasteiger partial charge is 0.320 e. The Bertz CT molecular complexity index is 405. The van der Waals surface area contributed by atoms with Crippen molar-refractivity contribution in [3.8, 4) is 12.8 Å². The molecule has 0 aromatic carbocycles. The molecule has 0 aromatic rings. The third-order valence-electron chi connectivity index (χ3n) is 4.08. The monoisotopic (exact) mass is 345 g/mol. The highest BCUT2D eigenvalue weighted by atomic mass is 19.4. The molecule has 1 rings (SSSR count). The quantitative estimate of drug-likeness (QED) is 0.435. The van der Waals surface area contributed by atoms with E-state index in [0.29, 0.717) is 0 Å². The van der Waals surface area contributed by atoms with Gasteiger partial charge in [-0.1, -0.05) is 18.2 Å². The Kier molecular flexibility index (Phi) is 11.5. The molecule has 0 spiro atoms. The number of allylic oxidation sites excluding steroid dienone is 3. The first-order chi connectivity index (χ1) is 11.4. The van der Waals surface area contributed by atoms with Crippen molar-refractivity contribution < 1.29 is 13.2 Å². The molecule has 0 aromatic heterocycles. The molecule has 1 unspecified atom stereocenters. The molecule has 0 radical (unpaired) electrons. The van der Waals surface area contributed by atoms with E-state index in [1.54, 1.807) is 6.08 Å². The van der Waals surface area contributed by atoms with Crippen molar-refractivity contribution in [3.63, 3.8) is 0 Å². The van der Waals surface area contributed by atoms with E-state index in [-0.39, 0.29) is 6.04 Å². The molecule has 1 saturated heterocycles. The number of rotatable bonds is 7. The lowest BCUT2D eigenvalue weighted by Gasteiger charge is -2.37. The standard InChI is InChI=1S/C16H28F3N3.C2H2/c1-4-15(16(17,18)19)7-6-14(2)22-12-10-21(11-13-22)9-5-8-20-3;1-2/h4,6-7,14,20H,5,8-13H2,1-3H3;1-2H/b7-6-,15-4+;. The van der Waals surface area contributed by atoms with E-state index < -0.39 is 11.7 Å². The molecule has 1 atom stereocenters. The fraction of sp³-hybridized carbons (Fsp3) is 0.667. The highest BCUT2D eigenvalue weighted by Gasteiger charge is 2.31. The van der Waals surface area contributed by atoms with Crippen molar-refractivity contribution in [1.29, 1.82) is 0 Å². The molecule has 1 N–H and O–H groups in total. The zero-order valence-electron chi connectivity index (χ0n) is 14.9. The van der Waals surface area contributed by atoms with E-state index in [9.17, 15) is 13.2 Å². The van der Waals surface area contributed by atoms with Crippen LogP contribution in [0.3, 0.4) is 0 Å². The van der Waals surface area contributed by atoms with Gasteiger partial charge in [-0.2, -0.15) is 13.2 Å². The van der Waals surface area contributed by atoms with Crippen LogP contribution in [0.15, 0.2) is 23.8 Å². The van der Waals surface area contributed by atoms with Gasteiger partial charge in [-0.3, -0.25) is 4.90 Å². The summed E-state index contributed by atoms with van der Waals surface area (Å²) < 4.78 is 38.0. The van der Waals surface area contributed by atoms with Crippen molar-refractivity contribution in [3.05, 3.63) is 23.8 Å². The van der Waals surface area contributed by atoms with E-state index in [0.717, 1.165) is 51.8 Å². The van der Waals surface area contributed by atoms with Gasteiger partial charge in [0.15, 0.2) is 0 Å². The van der Waals surface area contributed by atoms with Crippen LogP contribution in [0.2, 0.25) is 0 Å². The molecule has 138 valence electrons. The molecule has 1 fully saturated rings. The number of hydrogen-bond acceptors (Lipinski definition) is 3. The lowest BCUT2D eigenvalue weighted by molar-refractivity contribution is -0.0883. The third kappa shape index (κ3) is 8.53. The summed E-state index contributed by atoms with van der Waals surface area (Å²) in [5.74, 6) is 0. The Hall–Kier alpha value is -1.29. The Morgan fingerprint density at radius 1 is 1.21 bits per heavy atom. The number of halogens is 3. The van der Waals surface area contributed by atoms with Gasteiger partial charge in [-0.15, -0.1) is 12.8 Å². The fourth-order valence-electron chi connectivity index (χ4n) is 2.59. The predicted molar refractivity (Wildman–Crippen MR) is 94.9 cm³/mol. The molecule has 24 heavy (non-hydrogen) atoms. The van der Waals surface area contributed by atoms with Crippen molar-refractivity contribution in [1.82, 2.24) is 15.1 Å². The Balaban J connectivity index is 0.00000254. The first-order valence-electron chi connectivity index (χ1n) is 8.24. The lowest BCUT2D eigenvalue weighted by atomic mass is 10.1. The summed E-state index contributed by atoms with van der Waals surface area (Å²) in [5.41, 5.74) is -0.579. The van der Waals surface area contributed by atoms with Gasteiger partial charge < -0.3 is 10.2 Å². The molecule has 0 amide bonds. The topological polar surface area (TPSA) is 18.5 Å². The van der Waals surface area contributed by atoms with Gasteiger partial charge in [0, 0.05) is 32.2 Å². The third-order valence-corrected chi connectivity index (χ3v) is 4.08. The van der Waals surface area contributed by atoms with E-state index in [1.165, 1.54) is 13.0 Å². The number of piperazine rings is 1. The highest BCUT2D eigenvalue weighted by Crippen LogP contribution is 2.26. The minimum absolute atomic E-state index is 0.0248. The van der Waals surface area contributed by atoms with Gasteiger partial charge >= 0.3 is 6.18 Å². The molecule has 0 aliphatic carbocycles. The van der Waals surface area contributed by atoms with Crippen LogP contribution in [0, 0.1) is 12.8 Å². The van der Waals surface area contributed by atoms with Crippen LogP contribution in [-0.2, 0) is 0 Å². The maximum Gasteiger partial charge on any atom is 0.416 e. The largest absolute Gasteiger partial charge is 0.416 e. The second-order valence-electron chi connectivity index (χ2n) is 5.68. The van der Waals surface area contributed by atoms with Gasteiger partial charge in [0.2, 0.25) is 0 Å². The Labute approximate surface area is 144 Å². The summed E-state index contributed by atoms with van der Waals surface area (Å²) in [6.45, 7) is 9.25. The zero-order valence-corrected chi connectivity index (χ0v) is 14.9. The van der Waals surface area contributed by atoms with Crippen LogP contribution < -0.4 is 5.32 Å². The minimum Gasteiger partial charge on any atom is -0.320 e. The van der Waals surface area contributed by atoms with E-state index in [4.69, 9.17) is 0 Å². The second-order valence-corrected chi connectivity index (χ2v) is 5.68. The number of nitrogens with zero attached hydrogens (tertiary/aromatic N) is 2. The number of nitrogens with one attached hydrogen (secondary N) is 1. The summed E-state index contributed by atoms with van der Waals surface area (Å²) in [6.07, 6.45) is 8.82. The van der Waals surface area contributed by atoms with E-state index >= 15 is 0 Å². The number of terminal acetylenes is 1. The van der Waals surface area contributed by atoms with Gasteiger partial charge in [-0.25, -0.2) is 0 Å². The minimum atomic E-state index is -4.27. The fourth-order valence-corrected chi connectivity index (χ4v) is 2.59. The molecular weight excluding hydrogens is 315 g/mol. The average Bonchev–Trinajstić information content (AvgIpc) is 2.56. The first-order valence-corrected chi connectivity index (χ1v) is 8.24. The molecule has 3 nitrogen and oxygen atoms in total. The predicted octanol–water partition coefficient (Wildman–Crippen LogP) is 2.92. The van der Waals surface area contributed by atoms with Crippen LogP contribution in [0.4, 0.5) is 13.2 Å². The van der Waals surface area contributed by atoms with Gasteiger partial charge in [0.05, 0.1) is 5.57 Å². The van der Waals surface area contributed by atoms with Gasteiger partial charge in [0.25, 0.3) is 0 Å².